The highest BCUT2D eigenvalue weighted by Crippen LogP contribution is 2.23. The quantitative estimate of drug-likeness (QED) is 0.668. The van der Waals surface area contributed by atoms with Gasteiger partial charge in [0.05, 0.1) is 11.0 Å². The van der Waals surface area contributed by atoms with Crippen molar-refractivity contribution in [3.05, 3.63) is 34.4 Å². The fourth-order valence-corrected chi connectivity index (χ4v) is 2.72. The van der Waals surface area contributed by atoms with Crippen molar-refractivity contribution in [2.75, 3.05) is 31.1 Å². The molecule has 0 saturated carbocycles. The van der Waals surface area contributed by atoms with E-state index in [2.05, 4.69) is 16.7 Å². The highest BCUT2D eigenvalue weighted by Gasteiger charge is 2.24. The van der Waals surface area contributed by atoms with Crippen molar-refractivity contribution in [3.63, 3.8) is 0 Å². The topological polar surface area (TPSA) is 69.8 Å². The first kappa shape index (κ1) is 14.7. The molecule has 6 heteroatoms. The lowest BCUT2D eigenvalue weighted by atomic mass is 10.1. The van der Waals surface area contributed by atoms with Crippen LogP contribution in [-0.4, -0.2) is 53.3 Å². The second-order valence-electron chi connectivity index (χ2n) is 5.42. The van der Waals surface area contributed by atoms with Gasteiger partial charge < -0.3 is 10.0 Å². The first-order valence-corrected chi connectivity index (χ1v) is 6.89. The second kappa shape index (κ2) is 6.19. The highest BCUT2D eigenvalue weighted by molar-refractivity contribution is 5.52. The van der Waals surface area contributed by atoms with Gasteiger partial charge in [-0.3, -0.25) is 15.0 Å². The molecule has 2 unspecified atom stereocenters. The predicted octanol–water partition coefficient (Wildman–Crippen LogP) is 1.49. The summed E-state index contributed by atoms with van der Waals surface area (Å²) in [5.74, 6) is 0. The second-order valence-corrected chi connectivity index (χ2v) is 5.42. The Labute approximate surface area is 118 Å². The van der Waals surface area contributed by atoms with E-state index in [1.54, 1.807) is 31.2 Å². The number of benzene rings is 1. The van der Waals surface area contributed by atoms with Crippen LogP contribution >= 0.6 is 0 Å². The first-order chi connectivity index (χ1) is 9.47. The molecule has 1 aliphatic rings. The lowest BCUT2D eigenvalue weighted by Crippen LogP contribution is -2.53. The fraction of sp³-hybridized carbons (Fsp3) is 0.571. The molecule has 1 N–H and O–H groups in total. The predicted molar refractivity (Wildman–Crippen MR) is 78.0 cm³/mol. The lowest BCUT2D eigenvalue weighted by molar-refractivity contribution is -0.384. The molecule has 110 valence electrons. The number of nitro groups is 1. The summed E-state index contributed by atoms with van der Waals surface area (Å²) < 4.78 is 0. The fourth-order valence-electron chi connectivity index (χ4n) is 2.72. The Balaban J connectivity index is 2.01. The molecule has 0 aliphatic carbocycles. The van der Waals surface area contributed by atoms with Crippen LogP contribution in [0.25, 0.3) is 0 Å². The lowest BCUT2D eigenvalue weighted by Gasteiger charge is -2.41. The molecule has 0 radical (unpaired) electrons. The van der Waals surface area contributed by atoms with Crippen LogP contribution in [0.1, 0.15) is 13.8 Å². The van der Waals surface area contributed by atoms with Crippen LogP contribution in [0.15, 0.2) is 24.3 Å². The number of non-ortho nitro benzene ring substituents is 1. The third kappa shape index (κ3) is 3.46. The molecule has 1 aliphatic heterocycles. The van der Waals surface area contributed by atoms with E-state index in [-0.39, 0.29) is 16.7 Å². The van der Waals surface area contributed by atoms with Gasteiger partial charge in [0.25, 0.3) is 5.69 Å². The molecule has 0 spiro atoms. The number of piperazine rings is 1. The zero-order valence-corrected chi connectivity index (χ0v) is 11.9. The molecule has 2 atom stereocenters. The molecule has 1 heterocycles. The number of hydrogen-bond donors (Lipinski definition) is 1. The van der Waals surface area contributed by atoms with Gasteiger partial charge in [0.15, 0.2) is 0 Å². The molecule has 1 aromatic carbocycles. The molecule has 1 fully saturated rings. The maximum Gasteiger partial charge on any atom is 0.269 e. The van der Waals surface area contributed by atoms with Crippen molar-refractivity contribution in [1.82, 2.24) is 4.90 Å². The zero-order chi connectivity index (χ0) is 14.7. The molecule has 1 aromatic rings. The molecule has 20 heavy (non-hydrogen) atoms. The molecule has 6 nitrogen and oxygen atoms in total. The Morgan fingerprint density at radius 2 is 2.05 bits per heavy atom. The minimum Gasteiger partial charge on any atom is -0.392 e. The Hall–Kier alpha value is -1.66. The van der Waals surface area contributed by atoms with Gasteiger partial charge in [-0.2, -0.15) is 0 Å². The van der Waals surface area contributed by atoms with E-state index in [0.29, 0.717) is 12.6 Å². The molecule has 0 aromatic heterocycles. The summed E-state index contributed by atoms with van der Waals surface area (Å²) in [5.41, 5.74) is 1.13. The molecule has 1 saturated heterocycles. The van der Waals surface area contributed by atoms with E-state index >= 15 is 0 Å². The Bertz CT molecular complexity index is 461. The van der Waals surface area contributed by atoms with E-state index in [0.717, 1.165) is 25.3 Å². The summed E-state index contributed by atoms with van der Waals surface area (Å²) in [6, 6.07) is 7.02. The number of anilines is 1. The monoisotopic (exact) mass is 279 g/mol. The summed E-state index contributed by atoms with van der Waals surface area (Å²) >= 11 is 0. The van der Waals surface area contributed by atoms with E-state index in [1.807, 2.05) is 0 Å². The molecular formula is C14H21N3O3. The standard InChI is InChI=1S/C14H21N3O3/c1-11-9-15(10-12(2)18)7-8-16(11)13-3-5-14(6-4-13)17(19)20/h3-6,11-12,18H,7-10H2,1-2H3. The van der Waals surface area contributed by atoms with Crippen molar-refractivity contribution in [2.45, 2.75) is 26.0 Å². The molecule has 0 bridgehead atoms. The number of hydrogen-bond acceptors (Lipinski definition) is 5. The third-order valence-electron chi connectivity index (χ3n) is 3.63. The van der Waals surface area contributed by atoms with Crippen molar-refractivity contribution < 1.29 is 10.0 Å². The van der Waals surface area contributed by atoms with Gasteiger partial charge in [-0.1, -0.05) is 0 Å². The van der Waals surface area contributed by atoms with Gasteiger partial charge in [-0.15, -0.1) is 0 Å². The molecule has 0 amide bonds. The van der Waals surface area contributed by atoms with Crippen LogP contribution in [0.5, 0.6) is 0 Å². The van der Waals surface area contributed by atoms with Crippen LogP contribution < -0.4 is 4.90 Å². The number of aliphatic hydroxyl groups excluding tert-OH is 1. The van der Waals surface area contributed by atoms with Crippen molar-refractivity contribution in [1.29, 1.82) is 0 Å². The van der Waals surface area contributed by atoms with Gasteiger partial charge in [-0.05, 0) is 26.0 Å². The Kier molecular flexibility index (Phi) is 4.57. The average Bonchev–Trinajstić information content (AvgIpc) is 2.38. The van der Waals surface area contributed by atoms with Gasteiger partial charge >= 0.3 is 0 Å². The first-order valence-electron chi connectivity index (χ1n) is 6.89. The summed E-state index contributed by atoms with van der Waals surface area (Å²) in [7, 11) is 0. The van der Waals surface area contributed by atoms with Crippen LogP contribution in [0, 0.1) is 10.1 Å². The van der Waals surface area contributed by atoms with E-state index in [9.17, 15) is 15.2 Å². The molecule has 2 rings (SSSR count). The van der Waals surface area contributed by atoms with Crippen LogP contribution in [-0.2, 0) is 0 Å². The van der Waals surface area contributed by atoms with E-state index in [1.165, 1.54) is 0 Å². The van der Waals surface area contributed by atoms with Gasteiger partial charge in [0.2, 0.25) is 0 Å². The highest BCUT2D eigenvalue weighted by atomic mass is 16.6. The number of nitrogens with zero attached hydrogens (tertiary/aromatic N) is 3. The van der Waals surface area contributed by atoms with Crippen LogP contribution in [0.2, 0.25) is 0 Å². The van der Waals surface area contributed by atoms with E-state index < -0.39 is 0 Å². The summed E-state index contributed by atoms with van der Waals surface area (Å²) in [5, 5.41) is 20.1. The smallest absolute Gasteiger partial charge is 0.269 e. The average molecular weight is 279 g/mol. The van der Waals surface area contributed by atoms with Crippen LogP contribution in [0.3, 0.4) is 0 Å². The SMILES string of the molecule is CC(O)CN1CCN(c2ccc([N+](=O)[O-])cc2)C(C)C1. The normalized spacial score (nSPS) is 21.8. The number of nitro benzene ring substituents is 1. The maximum absolute atomic E-state index is 10.7. The summed E-state index contributed by atoms with van der Waals surface area (Å²) in [6.07, 6.45) is -0.312. The number of aliphatic hydroxyl groups is 1. The Morgan fingerprint density at radius 3 is 2.55 bits per heavy atom. The van der Waals surface area contributed by atoms with Crippen molar-refractivity contribution >= 4 is 11.4 Å². The minimum absolute atomic E-state index is 0.120. The van der Waals surface area contributed by atoms with Gasteiger partial charge in [-0.25, -0.2) is 0 Å². The summed E-state index contributed by atoms with van der Waals surface area (Å²) in [4.78, 5) is 14.8. The zero-order valence-electron chi connectivity index (χ0n) is 11.9. The maximum atomic E-state index is 10.7. The number of rotatable bonds is 4. The third-order valence-corrected chi connectivity index (χ3v) is 3.63. The Morgan fingerprint density at radius 1 is 1.40 bits per heavy atom. The van der Waals surface area contributed by atoms with Crippen molar-refractivity contribution in [3.8, 4) is 0 Å². The largest absolute Gasteiger partial charge is 0.392 e. The van der Waals surface area contributed by atoms with Gasteiger partial charge in [0, 0.05) is 50.0 Å². The van der Waals surface area contributed by atoms with E-state index in [4.69, 9.17) is 0 Å². The summed E-state index contributed by atoms with van der Waals surface area (Å²) in [6.45, 7) is 7.28. The molecular weight excluding hydrogens is 258 g/mol. The van der Waals surface area contributed by atoms with Gasteiger partial charge in [0.1, 0.15) is 0 Å². The number of β-amino-alcohol motifs (C(OH)–C–C–N with tert-alkyl or cyclic N) is 1. The van der Waals surface area contributed by atoms with Crippen molar-refractivity contribution in [2.24, 2.45) is 0 Å². The minimum atomic E-state index is -0.381. The van der Waals surface area contributed by atoms with Crippen LogP contribution in [0.4, 0.5) is 11.4 Å².